The topological polar surface area (TPSA) is 135 Å². The number of aromatic amines is 1. The molecule has 0 saturated heterocycles. The number of aromatic nitrogens is 2. The van der Waals surface area contributed by atoms with Crippen LogP contribution in [0.3, 0.4) is 0 Å². The molecule has 1 aromatic rings. The Labute approximate surface area is 108 Å². The van der Waals surface area contributed by atoms with Crippen molar-refractivity contribution in [2.75, 3.05) is 13.1 Å². The van der Waals surface area contributed by atoms with Crippen molar-refractivity contribution in [2.24, 2.45) is 5.73 Å². The van der Waals surface area contributed by atoms with Gasteiger partial charge in [-0.25, -0.2) is 0 Å². The normalized spacial score (nSPS) is 10.2. The van der Waals surface area contributed by atoms with Gasteiger partial charge in [0.25, 0.3) is 5.91 Å². The van der Waals surface area contributed by atoms with E-state index in [0.29, 0.717) is 6.42 Å². The van der Waals surface area contributed by atoms with Crippen molar-refractivity contribution >= 4 is 17.5 Å². The van der Waals surface area contributed by atoms with Gasteiger partial charge in [-0.15, -0.1) is 0 Å². The first kappa shape index (κ1) is 14.6. The number of hydrogen-bond donors (Lipinski definition) is 2. The minimum Gasteiger partial charge on any atom is -0.368 e. The van der Waals surface area contributed by atoms with E-state index in [1.807, 2.05) is 6.92 Å². The molecule has 0 atom stereocenters. The van der Waals surface area contributed by atoms with Crippen molar-refractivity contribution in [1.29, 1.82) is 0 Å². The molecular weight excluding hydrogens is 254 g/mol. The maximum atomic E-state index is 12.1. The van der Waals surface area contributed by atoms with Crippen LogP contribution in [0, 0.1) is 17.0 Å². The molecular formula is C10H15N5O4. The Morgan fingerprint density at radius 2 is 2.16 bits per heavy atom. The number of carbonyl (C=O) groups is 2. The highest BCUT2D eigenvalue weighted by atomic mass is 16.6. The highest BCUT2D eigenvalue weighted by Crippen LogP contribution is 2.21. The molecule has 9 heteroatoms. The Hall–Kier alpha value is -2.45. The van der Waals surface area contributed by atoms with Gasteiger partial charge < -0.3 is 10.6 Å². The van der Waals surface area contributed by atoms with Gasteiger partial charge in [0.15, 0.2) is 0 Å². The summed E-state index contributed by atoms with van der Waals surface area (Å²) in [5, 5.41) is 16.9. The van der Waals surface area contributed by atoms with Crippen LogP contribution < -0.4 is 5.73 Å². The maximum Gasteiger partial charge on any atom is 0.322 e. The van der Waals surface area contributed by atoms with Crippen molar-refractivity contribution in [2.45, 2.75) is 20.3 Å². The zero-order chi connectivity index (χ0) is 14.6. The van der Waals surface area contributed by atoms with Crippen LogP contribution >= 0.6 is 0 Å². The highest BCUT2D eigenvalue weighted by Gasteiger charge is 2.30. The van der Waals surface area contributed by atoms with E-state index in [9.17, 15) is 19.7 Å². The summed E-state index contributed by atoms with van der Waals surface area (Å²) in [5.74, 6) is -1.37. The summed E-state index contributed by atoms with van der Waals surface area (Å²) in [6, 6.07) is 0. The van der Waals surface area contributed by atoms with Crippen LogP contribution in [0.15, 0.2) is 0 Å². The zero-order valence-corrected chi connectivity index (χ0v) is 10.7. The number of nitro groups is 1. The van der Waals surface area contributed by atoms with Crippen molar-refractivity contribution in [3.63, 3.8) is 0 Å². The molecule has 9 nitrogen and oxygen atoms in total. The molecule has 0 saturated carbocycles. The first-order chi connectivity index (χ1) is 8.88. The van der Waals surface area contributed by atoms with Crippen molar-refractivity contribution < 1.29 is 14.5 Å². The standard InChI is InChI=1S/C10H15N5O4/c1-3-4-14(5-7(11)16)10(17)8-9(15(18)19)6(2)12-13-8/h3-5H2,1-2H3,(H2,11,16)(H,12,13). The summed E-state index contributed by atoms with van der Waals surface area (Å²) in [5.41, 5.74) is 4.54. The molecule has 3 N–H and O–H groups in total. The number of nitrogens with two attached hydrogens (primary N) is 1. The predicted molar refractivity (Wildman–Crippen MR) is 65.4 cm³/mol. The third-order valence-electron chi connectivity index (χ3n) is 2.43. The Kier molecular flexibility index (Phi) is 4.56. The number of amides is 2. The summed E-state index contributed by atoms with van der Waals surface area (Å²) in [6.45, 7) is 3.23. The van der Waals surface area contributed by atoms with Crippen molar-refractivity contribution in [3.8, 4) is 0 Å². The number of hydrogen-bond acceptors (Lipinski definition) is 5. The van der Waals surface area contributed by atoms with Crippen LogP contribution in [0.4, 0.5) is 5.69 Å². The summed E-state index contributed by atoms with van der Waals surface area (Å²) in [4.78, 5) is 34.4. The van der Waals surface area contributed by atoms with E-state index in [4.69, 9.17) is 5.73 Å². The number of aryl methyl sites for hydroxylation is 1. The molecule has 19 heavy (non-hydrogen) atoms. The molecule has 1 rings (SSSR count). The lowest BCUT2D eigenvalue weighted by Crippen LogP contribution is -2.39. The number of carbonyl (C=O) groups excluding carboxylic acids is 2. The number of nitrogens with zero attached hydrogens (tertiary/aromatic N) is 3. The molecule has 0 aliphatic heterocycles. The van der Waals surface area contributed by atoms with Gasteiger partial charge in [0.2, 0.25) is 11.6 Å². The monoisotopic (exact) mass is 269 g/mol. The highest BCUT2D eigenvalue weighted by molar-refractivity contribution is 5.98. The molecule has 0 aliphatic rings. The fourth-order valence-corrected chi connectivity index (χ4v) is 1.66. The van der Waals surface area contributed by atoms with Gasteiger partial charge in [-0.05, 0) is 13.3 Å². The van der Waals surface area contributed by atoms with Gasteiger partial charge in [-0.3, -0.25) is 24.8 Å². The molecule has 1 heterocycles. The van der Waals surface area contributed by atoms with E-state index in [1.54, 1.807) is 0 Å². The van der Waals surface area contributed by atoms with Crippen molar-refractivity contribution in [3.05, 3.63) is 21.5 Å². The van der Waals surface area contributed by atoms with Gasteiger partial charge in [-0.1, -0.05) is 6.92 Å². The molecule has 0 bridgehead atoms. The van der Waals surface area contributed by atoms with Crippen LogP contribution in [-0.4, -0.2) is 44.9 Å². The van der Waals surface area contributed by atoms with Crippen molar-refractivity contribution in [1.82, 2.24) is 15.1 Å². The summed E-state index contributed by atoms with van der Waals surface area (Å²) in [6.07, 6.45) is 0.593. The lowest BCUT2D eigenvalue weighted by atomic mass is 10.2. The van der Waals surface area contributed by atoms with Crippen LogP contribution in [-0.2, 0) is 4.79 Å². The SMILES string of the molecule is CCCN(CC(N)=O)C(=O)c1n[nH]c(C)c1[N+](=O)[O-]. The predicted octanol–water partition coefficient (Wildman–Crippen LogP) is -0.0362. The second kappa shape index (κ2) is 5.94. The summed E-state index contributed by atoms with van der Waals surface area (Å²) < 4.78 is 0. The van der Waals surface area contributed by atoms with Crippen LogP contribution in [0.1, 0.15) is 29.5 Å². The van der Waals surface area contributed by atoms with Crippen LogP contribution in [0.5, 0.6) is 0 Å². The second-order valence-electron chi connectivity index (χ2n) is 4.00. The maximum absolute atomic E-state index is 12.1. The number of primary amides is 1. The Morgan fingerprint density at radius 1 is 1.53 bits per heavy atom. The average molecular weight is 269 g/mol. The van der Waals surface area contributed by atoms with E-state index in [1.165, 1.54) is 6.92 Å². The smallest absolute Gasteiger partial charge is 0.322 e. The van der Waals surface area contributed by atoms with E-state index in [0.717, 1.165) is 4.90 Å². The Balaban J connectivity index is 3.09. The molecule has 0 aliphatic carbocycles. The summed E-state index contributed by atoms with van der Waals surface area (Å²) >= 11 is 0. The van der Waals surface area contributed by atoms with Gasteiger partial charge in [0, 0.05) is 6.54 Å². The third kappa shape index (κ3) is 3.27. The Morgan fingerprint density at radius 3 is 2.63 bits per heavy atom. The molecule has 0 aromatic carbocycles. The van der Waals surface area contributed by atoms with Gasteiger partial charge in [0.05, 0.1) is 11.5 Å². The molecule has 1 aromatic heterocycles. The summed E-state index contributed by atoms with van der Waals surface area (Å²) in [7, 11) is 0. The van der Waals surface area contributed by atoms with Gasteiger partial charge in [-0.2, -0.15) is 5.10 Å². The van der Waals surface area contributed by atoms with E-state index in [2.05, 4.69) is 10.2 Å². The first-order valence-corrected chi connectivity index (χ1v) is 5.65. The molecule has 0 spiro atoms. The zero-order valence-electron chi connectivity index (χ0n) is 10.7. The second-order valence-corrected chi connectivity index (χ2v) is 4.00. The number of nitrogens with one attached hydrogen (secondary N) is 1. The van der Waals surface area contributed by atoms with E-state index < -0.39 is 16.7 Å². The number of H-pyrrole nitrogens is 1. The molecule has 0 fully saturated rings. The van der Waals surface area contributed by atoms with Gasteiger partial charge >= 0.3 is 5.69 Å². The minimum absolute atomic E-state index is 0.184. The average Bonchev–Trinajstić information content (AvgIpc) is 2.69. The lowest BCUT2D eigenvalue weighted by molar-refractivity contribution is -0.385. The molecule has 0 radical (unpaired) electrons. The Bertz CT molecular complexity index is 510. The van der Waals surface area contributed by atoms with E-state index in [-0.39, 0.29) is 30.2 Å². The fraction of sp³-hybridized carbons (Fsp3) is 0.500. The quantitative estimate of drug-likeness (QED) is 0.551. The fourth-order valence-electron chi connectivity index (χ4n) is 1.66. The first-order valence-electron chi connectivity index (χ1n) is 5.65. The van der Waals surface area contributed by atoms with E-state index >= 15 is 0 Å². The number of rotatable bonds is 6. The van der Waals surface area contributed by atoms with Gasteiger partial charge in [0.1, 0.15) is 5.69 Å². The van der Waals surface area contributed by atoms with Crippen LogP contribution in [0.2, 0.25) is 0 Å². The lowest BCUT2D eigenvalue weighted by Gasteiger charge is -2.18. The third-order valence-corrected chi connectivity index (χ3v) is 2.43. The molecule has 0 unspecified atom stereocenters. The molecule has 2 amide bonds. The van der Waals surface area contributed by atoms with Crippen LogP contribution in [0.25, 0.3) is 0 Å². The molecule has 104 valence electrons. The minimum atomic E-state index is -0.684. The largest absolute Gasteiger partial charge is 0.368 e.